The molecule has 2 aliphatic rings. The van der Waals surface area contributed by atoms with Crippen molar-refractivity contribution < 1.29 is 13.2 Å². The van der Waals surface area contributed by atoms with Crippen LogP contribution in [0.15, 0.2) is 29.2 Å². The fourth-order valence-corrected chi connectivity index (χ4v) is 5.44. The number of nitriles is 1. The fourth-order valence-electron chi connectivity index (χ4n) is 3.97. The minimum absolute atomic E-state index is 0.154. The predicted octanol–water partition coefficient (Wildman–Crippen LogP) is 1.71. The van der Waals surface area contributed by atoms with Crippen LogP contribution in [0.3, 0.4) is 0 Å². The number of hydrogen-bond acceptors (Lipinski definition) is 7. The van der Waals surface area contributed by atoms with E-state index < -0.39 is 10.0 Å². The highest BCUT2D eigenvalue weighted by atomic mass is 32.2. The maximum absolute atomic E-state index is 12.8. The molecule has 0 unspecified atom stereocenters. The zero-order valence-electron chi connectivity index (χ0n) is 17.1. The smallest absolute Gasteiger partial charge is 0.246 e. The number of piperidine rings is 2. The van der Waals surface area contributed by atoms with Crippen LogP contribution in [-0.2, 0) is 14.8 Å². The van der Waals surface area contributed by atoms with Crippen molar-refractivity contribution in [1.82, 2.24) is 19.5 Å². The van der Waals surface area contributed by atoms with Gasteiger partial charge in [-0.25, -0.2) is 13.5 Å². The van der Waals surface area contributed by atoms with Crippen molar-refractivity contribution in [3.63, 3.8) is 0 Å². The number of hydrogen-bond donors (Lipinski definition) is 2. The van der Waals surface area contributed by atoms with Gasteiger partial charge in [0.25, 0.3) is 0 Å². The fraction of sp³-hybridized carbons (Fsp3) is 0.500. The lowest BCUT2D eigenvalue weighted by atomic mass is 9.97. The molecule has 0 aliphatic carbocycles. The second kappa shape index (κ2) is 9.03. The molecule has 1 amide bonds. The minimum Gasteiger partial charge on any atom is -0.340 e. The maximum atomic E-state index is 12.8. The average Bonchev–Trinajstić information content (AvgIpc) is 3.28. The van der Waals surface area contributed by atoms with Crippen molar-refractivity contribution in [2.45, 2.75) is 37.0 Å². The largest absolute Gasteiger partial charge is 0.340 e. The molecular weight excluding hydrogens is 418 g/mol. The maximum Gasteiger partial charge on any atom is 0.246 e. The lowest BCUT2D eigenvalue weighted by Gasteiger charge is -2.30. The van der Waals surface area contributed by atoms with Crippen LogP contribution in [0.25, 0.3) is 0 Å². The number of sulfonamides is 1. The third kappa shape index (κ3) is 4.70. The molecule has 1 aromatic heterocycles. The molecule has 164 valence electrons. The zero-order chi connectivity index (χ0) is 21.8. The lowest BCUT2D eigenvalue weighted by molar-refractivity contribution is -0.121. The normalized spacial score (nSPS) is 18.5. The van der Waals surface area contributed by atoms with Gasteiger partial charge in [-0.3, -0.25) is 10.1 Å². The van der Waals surface area contributed by atoms with Crippen LogP contribution in [0.4, 0.5) is 11.9 Å². The van der Waals surface area contributed by atoms with Gasteiger partial charge in [-0.05, 0) is 56.4 Å². The van der Waals surface area contributed by atoms with E-state index in [4.69, 9.17) is 5.26 Å². The van der Waals surface area contributed by atoms with Crippen LogP contribution in [0.1, 0.15) is 37.7 Å². The molecule has 11 heteroatoms. The Bertz CT molecular complexity index is 1060. The van der Waals surface area contributed by atoms with Gasteiger partial charge < -0.3 is 4.90 Å². The molecule has 2 aliphatic heterocycles. The summed E-state index contributed by atoms with van der Waals surface area (Å²) in [6.07, 6.45) is 4.29. The first-order valence-electron chi connectivity index (χ1n) is 10.5. The second-order valence-electron chi connectivity index (χ2n) is 7.84. The number of amides is 1. The summed E-state index contributed by atoms with van der Waals surface area (Å²) in [4.78, 5) is 19.3. The topological polar surface area (TPSA) is 135 Å². The number of nitrogens with zero attached hydrogens (tertiary/aromatic N) is 5. The molecule has 2 saturated heterocycles. The van der Waals surface area contributed by atoms with Crippen LogP contribution in [0.5, 0.6) is 0 Å². The summed E-state index contributed by atoms with van der Waals surface area (Å²) >= 11 is 0. The SMILES string of the molecule is N#Cc1ccc(S(=O)(=O)N2CCC(C(=O)Nc3nc(N4CCCCC4)n[nH]3)CC2)cc1. The van der Waals surface area contributed by atoms with E-state index in [1.165, 1.54) is 35.0 Å². The Labute approximate surface area is 181 Å². The summed E-state index contributed by atoms with van der Waals surface area (Å²) in [5.41, 5.74) is 0.408. The summed E-state index contributed by atoms with van der Waals surface area (Å²) in [5, 5.41) is 18.6. The Hall–Kier alpha value is -2.97. The quantitative estimate of drug-likeness (QED) is 0.718. The number of carbonyl (C=O) groups excluding carboxylic acids is 1. The van der Waals surface area contributed by atoms with E-state index in [9.17, 15) is 13.2 Å². The predicted molar refractivity (Wildman–Crippen MR) is 114 cm³/mol. The molecule has 0 saturated carbocycles. The highest BCUT2D eigenvalue weighted by molar-refractivity contribution is 7.89. The Morgan fingerprint density at radius 1 is 1.10 bits per heavy atom. The van der Waals surface area contributed by atoms with E-state index >= 15 is 0 Å². The van der Waals surface area contributed by atoms with Gasteiger partial charge in [0.05, 0.1) is 16.5 Å². The van der Waals surface area contributed by atoms with E-state index in [2.05, 4.69) is 25.4 Å². The van der Waals surface area contributed by atoms with Crippen molar-refractivity contribution in [2.75, 3.05) is 36.4 Å². The number of aromatic amines is 1. The first-order valence-corrected chi connectivity index (χ1v) is 11.9. The summed E-state index contributed by atoms with van der Waals surface area (Å²) in [6, 6.07) is 7.84. The van der Waals surface area contributed by atoms with Crippen molar-refractivity contribution in [3.05, 3.63) is 29.8 Å². The van der Waals surface area contributed by atoms with Crippen molar-refractivity contribution in [2.24, 2.45) is 5.92 Å². The number of carbonyl (C=O) groups is 1. The zero-order valence-corrected chi connectivity index (χ0v) is 17.9. The summed E-state index contributed by atoms with van der Waals surface area (Å²) in [5.74, 6) is 0.434. The van der Waals surface area contributed by atoms with Gasteiger partial charge in [0, 0.05) is 32.1 Å². The average molecular weight is 444 g/mol. The molecule has 2 fully saturated rings. The summed E-state index contributed by atoms with van der Waals surface area (Å²) in [6.45, 7) is 2.35. The molecule has 1 aromatic carbocycles. The molecular formula is C20H25N7O3S. The van der Waals surface area contributed by atoms with Crippen molar-refractivity contribution in [1.29, 1.82) is 5.26 Å². The van der Waals surface area contributed by atoms with E-state index in [1.54, 1.807) is 0 Å². The van der Waals surface area contributed by atoms with Crippen molar-refractivity contribution >= 4 is 27.8 Å². The third-order valence-corrected chi connectivity index (χ3v) is 7.71. The molecule has 0 radical (unpaired) electrons. The molecule has 0 atom stereocenters. The van der Waals surface area contributed by atoms with Gasteiger partial charge in [-0.1, -0.05) is 0 Å². The van der Waals surface area contributed by atoms with Crippen LogP contribution < -0.4 is 10.2 Å². The van der Waals surface area contributed by atoms with Gasteiger partial charge in [-0.2, -0.15) is 14.6 Å². The van der Waals surface area contributed by atoms with E-state index in [0.717, 1.165) is 25.9 Å². The molecule has 3 heterocycles. The Morgan fingerprint density at radius 2 is 1.77 bits per heavy atom. The van der Waals surface area contributed by atoms with Crippen LogP contribution >= 0.6 is 0 Å². The molecule has 2 aromatic rings. The first-order chi connectivity index (χ1) is 15.0. The van der Waals surface area contributed by atoms with Crippen molar-refractivity contribution in [3.8, 4) is 6.07 Å². The van der Waals surface area contributed by atoms with Gasteiger partial charge in [0.15, 0.2) is 0 Å². The van der Waals surface area contributed by atoms with Crippen LogP contribution in [0, 0.1) is 17.2 Å². The minimum atomic E-state index is -3.65. The molecule has 0 spiro atoms. The van der Waals surface area contributed by atoms with Gasteiger partial charge in [0.1, 0.15) is 0 Å². The Kier molecular flexibility index (Phi) is 6.20. The number of nitrogens with one attached hydrogen (secondary N) is 2. The van der Waals surface area contributed by atoms with E-state index in [1.807, 2.05) is 6.07 Å². The summed E-state index contributed by atoms with van der Waals surface area (Å²) < 4.78 is 27.0. The third-order valence-electron chi connectivity index (χ3n) is 5.80. The van der Waals surface area contributed by atoms with Crippen LogP contribution in [0.2, 0.25) is 0 Å². The van der Waals surface area contributed by atoms with Crippen LogP contribution in [-0.4, -0.2) is 60.0 Å². The van der Waals surface area contributed by atoms with E-state index in [-0.39, 0.29) is 29.8 Å². The number of anilines is 2. The Balaban J connectivity index is 1.32. The Morgan fingerprint density at radius 3 is 2.42 bits per heavy atom. The molecule has 2 N–H and O–H groups in total. The summed E-state index contributed by atoms with van der Waals surface area (Å²) in [7, 11) is -3.65. The molecule has 10 nitrogen and oxygen atoms in total. The van der Waals surface area contributed by atoms with E-state index in [0.29, 0.717) is 30.3 Å². The number of H-pyrrole nitrogens is 1. The van der Waals surface area contributed by atoms with Gasteiger partial charge in [0.2, 0.25) is 27.8 Å². The molecule has 0 bridgehead atoms. The van der Waals surface area contributed by atoms with Gasteiger partial charge in [-0.15, -0.1) is 5.10 Å². The number of rotatable bonds is 5. The molecule has 31 heavy (non-hydrogen) atoms. The first kappa shape index (κ1) is 21.3. The highest BCUT2D eigenvalue weighted by Gasteiger charge is 2.32. The second-order valence-corrected chi connectivity index (χ2v) is 9.77. The lowest BCUT2D eigenvalue weighted by Crippen LogP contribution is -2.41. The number of aromatic nitrogens is 3. The monoisotopic (exact) mass is 443 g/mol. The molecule has 4 rings (SSSR count). The standard InChI is InChI=1S/C20H25N7O3S/c21-14-15-4-6-17(7-5-15)31(29,30)27-12-8-16(9-13-27)18(28)22-19-23-20(25-24-19)26-10-2-1-3-11-26/h4-7,16H,1-3,8-13H2,(H2,22,23,24,25,28). The van der Waals surface area contributed by atoms with Gasteiger partial charge >= 0.3 is 0 Å². The number of benzene rings is 1. The highest BCUT2D eigenvalue weighted by Crippen LogP contribution is 2.25.